The van der Waals surface area contributed by atoms with Crippen LogP contribution in [-0.4, -0.2) is 16.3 Å². The number of amidine groups is 1. The van der Waals surface area contributed by atoms with E-state index in [1.807, 2.05) is 25.1 Å². The molecule has 0 saturated heterocycles. The summed E-state index contributed by atoms with van der Waals surface area (Å²) in [6.07, 6.45) is -0.0961. The van der Waals surface area contributed by atoms with Gasteiger partial charge in [-0.3, -0.25) is 0 Å². The van der Waals surface area contributed by atoms with E-state index in [0.29, 0.717) is 0 Å². The number of oxime groups is 1. The molecule has 2 rings (SSSR count). The molecule has 0 aliphatic carbocycles. The molecule has 0 spiro atoms. The Morgan fingerprint density at radius 3 is 2.38 bits per heavy atom. The molecule has 0 bridgehead atoms. The molecule has 3 nitrogen and oxygen atoms in total. The Morgan fingerprint density at radius 1 is 1.19 bits per heavy atom. The third-order valence-electron chi connectivity index (χ3n) is 2.68. The lowest BCUT2D eigenvalue weighted by atomic mass is 10.0. The minimum atomic E-state index is -0.0961. The molecule has 1 atom stereocenters. The van der Waals surface area contributed by atoms with E-state index in [1.165, 1.54) is 0 Å². The van der Waals surface area contributed by atoms with Crippen LogP contribution in [0.5, 0.6) is 0 Å². The van der Waals surface area contributed by atoms with Gasteiger partial charge in [0.2, 0.25) is 6.23 Å². The molecule has 1 aromatic rings. The lowest BCUT2D eigenvalue weighted by Crippen LogP contribution is -2.44. The normalized spacial score (nSPS) is 20.6. The van der Waals surface area contributed by atoms with E-state index in [-0.39, 0.29) is 11.8 Å². The Kier molecular flexibility index (Phi) is 2.62. The second kappa shape index (κ2) is 3.81. The van der Waals surface area contributed by atoms with Gasteiger partial charge in [0.15, 0.2) is 0 Å². The summed E-state index contributed by atoms with van der Waals surface area (Å²) in [5, 5.41) is 4.08. The number of nitrogens with zero attached hydrogens (tertiary/aromatic N) is 2. The van der Waals surface area contributed by atoms with Gasteiger partial charge in [-0.1, -0.05) is 35.5 Å². The minimum Gasteiger partial charge on any atom is -0.364 e. The highest BCUT2D eigenvalue weighted by Gasteiger charge is 2.36. The zero-order chi connectivity index (χ0) is 11.8. The first kappa shape index (κ1) is 11.0. The lowest BCUT2D eigenvalue weighted by molar-refractivity contribution is -0.0240. The van der Waals surface area contributed by atoms with E-state index in [0.717, 1.165) is 11.4 Å². The van der Waals surface area contributed by atoms with Crippen LogP contribution in [0.3, 0.4) is 0 Å². The monoisotopic (exact) mass is 218 g/mol. The van der Waals surface area contributed by atoms with Crippen LogP contribution in [0.4, 0.5) is 0 Å². The van der Waals surface area contributed by atoms with Crippen LogP contribution >= 0.6 is 0 Å². The summed E-state index contributed by atoms with van der Waals surface area (Å²) >= 11 is 0. The first-order chi connectivity index (χ1) is 7.50. The predicted molar refractivity (Wildman–Crippen MR) is 65.0 cm³/mol. The van der Waals surface area contributed by atoms with Crippen LogP contribution in [0, 0.1) is 0 Å². The van der Waals surface area contributed by atoms with E-state index < -0.39 is 0 Å². The number of benzene rings is 1. The molecule has 86 valence electrons. The first-order valence-electron chi connectivity index (χ1n) is 5.55. The highest BCUT2D eigenvalue weighted by Crippen LogP contribution is 2.33. The van der Waals surface area contributed by atoms with Gasteiger partial charge in [-0.2, -0.15) is 0 Å². The number of rotatable bonds is 1. The van der Waals surface area contributed by atoms with Gasteiger partial charge in [-0.25, -0.2) is 0 Å². The summed E-state index contributed by atoms with van der Waals surface area (Å²) in [4.78, 5) is 7.70. The Bertz CT molecular complexity index is 392. The van der Waals surface area contributed by atoms with E-state index in [4.69, 9.17) is 4.84 Å². The topological polar surface area (TPSA) is 24.8 Å². The van der Waals surface area contributed by atoms with Crippen molar-refractivity contribution in [2.24, 2.45) is 5.16 Å². The van der Waals surface area contributed by atoms with Crippen LogP contribution in [0.2, 0.25) is 0 Å². The van der Waals surface area contributed by atoms with Crippen molar-refractivity contribution in [1.82, 2.24) is 4.90 Å². The SMILES string of the molecule is CC1=NOC(c2ccccc2)N1C(C)(C)C. The lowest BCUT2D eigenvalue weighted by Gasteiger charge is -2.36. The molecular weight excluding hydrogens is 200 g/mol. The molecular formula is C13H18N2O. The van der Waals surface area contributed by atoms with Crippen molar-refractivity contribution in [3.63, 3.8) is 0 Å². The highest BCUT2D eigenvalue weighted by atomic mass is 16.7. The van der Waals surface area contributed by atoms with Crippen LogP contribution in [0.1, 0.15) is 39.5 Å². The molecule has 0 fully saturated rings. The fourth-order valence-electron chi connectivity index (χ4n) is 2.05. The Labute approximate surface area is 96.7 Å². The molecule has 1 heterocycles. The summed E-state index contributed by atoms with van der Waals surface area (Å²) in [5.74, 6) is 0.932. The molecule has 0 N–H and O–H groups in total. The maximum absolute atomic E-state index is 5.50. The Balaban J connectivity index is 2.31. The van der Waals surface area contributed by atoms with E-state index in [9.17, 15) is 0 Å². The summed E-state index contributed by atoms with van der Waals surface area (Å²) in [6.45, 7) is 8.47. The van der Waals surface area contributed by atoms with Crippen molar-refractivity contribution in [2.45, 2.75) is 39.5 Å². The van der Waals surface area contributed by atoms with Crippen LogP contribution in [0.25, 0.3) is 0 Å². The van der Waals surface area contributed by atoms with E-state index in [1.54, 1.807) is 0 Å². The third kappa shape index (κ3) is 1.90. The standard InChI is InChI=1S/C13H18N2O/c1-10-14-16-12(15(10)13(2,3)4)11-8-6-5-7-9-11/h5-9,12H,1-4H3. The van der Waals surface area contributed by atoms with E-state index in [2.05, 4.69) is 43.0 Å². The molecule has 1 unspecified atom stereocenters. The van der Waals surface area contributed by atoms with Crippen molar-refractivity contribution in [3.05, 3.63) is 35.9 Å². The fraction of sp³-hybridized carbons (Fsp3) is 0.462. The van der Waals surface area contributed by atoms with Crippen LogP contribution < -0.4 is 0 Å². The molecule has 0 saturated carbocycles. The molecule has 1 aromatic carbocycles. The molecule has 0 amide bonds. The molecule has 3 heteroatoms. The first-order valence-corrected chi connectivity index (χ1v) is 5.55. The summed E-state index contributed by atoms with van der Waals surface area (Å²) in [6, 6.07) is 10.2. The van der Waals surface area contributed by atoms with Gasteiger partial charge in [0, 0.05) is 11.1 Å². The number of hydrogen-bond donors (Lipinski definition) is 0. The smallest absolute Gasteiger partial charge is 0.227 e. The molecule has 1 aliphatic rings. The van der Waals surface area contributed by atoms with Crippen molar-refractivity contribution < 1.29 is 4.84 Å². The third-order valence-corrected chi connectivity index (χ3v) is 2.68. The molecule has 0 aromatic heterocycles. The summed E-state index contributed by atoms with van der Waals surface area (Å²) in [5.41, 5.74) is 1.14. The van der Waals surface area contributed by atoms with Gasteiger partial charge in [-0.05, 0) is 27.7 Å². The summed E-state index contributed by atoms with van der Waals surface area (Å²) in [7, 11) is 0. The zero-order valence-electron chi connectivity index (χ0n) is 10.3. The second-order valence-corrected chi connectivity index (χ2v) is 5.05. The second-order valence-electron chi connectivity index (χ2n) is 5.05. The van der Waals surface area contributed by atoms with Gasteiger partial charge >= 0.3 is 0 Å². The van der Waals surface area contributed by atoms with Gasteiger partial charge in [-0.15, -0.1) is 0 Å². The Hall–Kier alpha value is -1.51. The average Bonchev–Trinajstić information content (AvgIpc) is 2.61. The van der Waals surface area contributed by atoms with Crippen LogP contribution in [-0.2, 0) is 4.84 Å². The maximum Gasteiger partial charge on any atom is 0.227 e. The minimum absolute atomic E-state index is 0.00455. The summed E-state index contributed by atoms with van der Waals surface area (Å²) < 4.78 is 0. The van der Waals surface area contributed by atoms with Gasteiger partial charge < -0.3 is 9.74 Å². The van der Waals surface area contributed by atoms with Gasteiger partial charge in [0.25, 0.3) is 0 Å². The van der Waals surface area contributed by atoms with Gasteiger partial charge in [0.05, 0.1) is 0 Å². The molecule has 1 aliphatic heterocycles. The van der Waals surface area contributed by atoms with Crippen LogP contribution in [0.15, 0.2) is 35.5 Å². The highest BCUT2D eigenvalue weighted by molar-refractivity contribution is 5.81. The van der Waals surface area contributed by atoms with Crippen molar-refractivity contribution in [2.75, 3.05) is 0 Å². The average molecular weight is 218 g/mol. The van der Waals surface area contributed by atoms with Crippen molar-refractivity contribution in [1.29, 1.82) is 0 Å². The van der Waals surface area contributed by atoms with Gasteiger partial charge in [0.1, 0.15) is 5.84 Å². The maximum atomic E-state index is 5.50. The van der Waals surface area contributed by atoms with E-state index >= 15 is 0 Å². The zero-order valence-corrected chi connectivity index (χ0v) is 10.3. The molecule has 16 heavy (non-hydrogen) atoms. The van der Waals surface area contributed by atoms with Crippen molar-refractivity contribution in [3.8, 4) is 0 Å². The Morgan fingerprint density at radius 2 is 1.81 bits per heavy atom. The predicted octanol–water partition coefficient (Wildman–Crippen LogP) is 3.15. The van der Waals surface area contributed by atoms with Crippen molar-refractivity contribution >= 4 is 5.84 Å². The molecule has 0 radical (unpaired) electrons. The quantitative estimate of drug-likeness (QED) is 0.723. The fourth-order valence-corrected chi connectivity index (χ4v) is 2.05. The largest absolute Gasteiger partial charge is 0.364 e. The number of hydrogen-bond acceptors (Lipinski definition) is 3.